The summed E-state index contributed by atoms with van der Waals surface area (Å²) in [5, 5.41) is 0.849. The van der Waals surface area contributed by atoms with Crippen LogP contribution in [-0.2, 0) is 9.59 Å². The van der Waals surface area contributed by atoms with Crippen LogP contribution in [0.1, 0.15) is 12.8 Å². The van der Waals surface area contributed by atoms with Crippen LogP contribution in [0.3, 0.4) is 0 Å². The lowest BCUT2D eigenvalue weighted by Gasteiger charge is -2.14. The van der Waals surface area contributed by atoms with Gasteiger partial charge in [0.25, 0.3) is 0 Å². The summed E-state index contributed by atoms with van der Waals surface area (Å²) in [4.78, 5) is 21.6. The maximum Gasteiger partial charge on any atom is 0.246 e. The van der Waals surface area contributed by atoms with Crippen molar-refractivity contribution in [3.63, 3.8) is 0 Å². The number of carbonyl (C=O) groups excluding carboxylic acids is 2. The van der Waals surface area contributed by atoms with Gasteiger partial charge >= 0.3 is 0 Å². The molecule has 0 radical (unpaired) electrons. The predicted molar refractivity (Wildman–Crippen MR) is 37.7 cm³/mol. The van der Waals surface area contributed by atoms with Crippen LogP contribution in [0.5, 0.6) is 0 Å². The molecule has 0 aromatic rings. The van der Waals surface area contributed by atoms with E-state index >= 15 is 0 Å². The standard InChI is InChI=1S/C4H4BrClN2O2/c5-8(6)7-3(9)1-2-4(7)10/h1-2H2. The molecule has 0 saturated carbocycles. The Hall–Kier alpha value is -0.130. The third-order valence-corrected chi connectivity index (χ3v) is 1.64. The number of carbonyl (C=O) groups is 2. The molecule has 0 atom stereocenters. The summed E-state index contributed by atoms with van der Waals surface area (Å²) in [6.07, 6.45) is 0.487. The molecule has 1 aliphatic heterocycles. The van der Waals surface area contributed by atoms with Crippen LogP contribution in [0, 0.1) is 0 Å². The molecule has 1 rings (SSSR count). The zero-order valence-electron chi connectivity index (χ0n) is 4.88. The molecule has 0 aliphatic carbocycles. The highest BCUT2D eigenvalue weighted by Gasteiger charge is 2.32. The summed E-state index contributed by atoms with van der Waals surface area (Å²) in [5.41, 5.74) is 0. The number of amides is 2. The average Bonchev–Trinajstić information content (AvgIpc) is 2.11. The van der Waals surface area contributed by atoms with Crippen molar-refractivity contribution in [2.45, 2.75) is 12.8 Å². The molecule has 1 heterocycles. The molecule has 1 fully saturated rings. The quantitative estimate of drug-likeness (QED) is 0.492. The molecule has 0 spiro atoms. The normalized spacial score (nSPS) is 19.3. The number of rotatable bonds is 1. The Bertz CT molecular complexity index is 168. The van der Waals surface area contributed by atoms with Gasteiger partial charge in [0.15, 0.2) is 0 Å². The minimum atomic E-state index is -0.281. The number of halogens is 2. The average molecular weight is 227 g/mol. The third kappa shape index (κ3) is 1.31. The monoisotopic (exact) mass is 226 g/mol. The van der Waals surface area contributed by atoms with E-state index in [9.17, 15) is 9.59 Å². The van der Waals surface area contributed by atoms with Gasteiger partial charge in [-0.15, -0.1) is 0 Å². The molecule has 2 amide bonds. The molecule has 56 valence electrons. The fourth-order valence-corrected chi connectivity index (χ4v) is 1.26. The predicted octanol–water partition coefficient (Wildman–Crippen LogP) is 0.816. The van der Waals surface area contributed by atoms with Gasteiger partial charge in [-0.1, -0.05) is 3.55 Å². The highest BCUT2D eigenvalue weighted by atomic mass is 79.9. The first-order valence-electron chi connectivity index (χ1n) is 2.60. The maximum absolute atomic E-state index is 10.8. The van der Waals surface area contributed by atoms with Gasteiger partial charge in [-0.2, -0.15) is 5.01 Å². The highest BCUT2D eigenvalue weighted by molar-refractivity contribution is 9.07. The van der Waals surface area contributed by atoms with E-state index in [1.54, 1.807) is 0 Å². The third-order valence-electron chi connectivity index (χ3n) is 1.18. The molecule has 0 unspecified atom stereocenters. The highest BCUT2D eigenvalue weighted by Crippen LogP contribution is 2.18. The van der Waals surface area contributed by atoms with E-state index in [0.717, 1.165) is 8.56 Å². The van der Waals surface area contributed by atoms with Crippen molar-refractivity contribution >= 4 is 39.7 Å². The van der Waals surface area contributed by atoms with Crippen LogP contribution < -0.4 is 0 Å². The van der Waals surface area contributed by atoms with Gasteiger partial charge in [-0.05, 0) is 0 Å². The Balaban J connectivity index is 2.72. The van der Waals surface area contributed by atoms with Crippen LogP contribution in [0.25, 0.3) is 0 Å². The van der Waals surface area contributed by atoms with Crippen LogP contribution >= 0.6 is 27.9 Å². The first-order chi connectivity index (χ1) is 4.63. The molecule has 0 N–H and O–H groups in total. The Morgan fingerprint density at radius 3 is 2.00 bits per heavy atom. The smallest absolute Gasteiger partial charge is 0.246 e. The second-order valence-electron chi connectivity index (χ2n) is 1.81. The molecular formula is C4H4BrClN2O2. The maximum atomic E-state index is 10.8. The molecule has 6 heteroatoms. The van der Waals surface area contributed by atoms with E-state index in [-0.39, 0.29) is 24.7 Å². The van der Waals surface area contributed by atoms with Gasteiger partial charge in [-0.3, -0.25) is 9.59 Å². The second-order valence-corrected chi connectivity index (χ2v) is 3.21. The summed E-state index contributed by atoms with van der Waals surface area (Å²) >= 11 is 8.07. The molecule has 10 heavy (non-hydrogen) atoms. The van der Waals surface area contributed by atoms with Crippen molar-refractivity contribution < 1.29 is 9.59 Å². The van der Waals surface area contributed by atoms with E-state index in [1.165, 1.54) is 0 Å². The zero-order chi connectivity index (χ0) is 7.72. The zero-order valence-corrected chi connectivity index (χ0v) is 7.22. The molecular weight excluding hydrogens is 223 g/mol. The minimum absolute atomic E-state index is 0.244. The lowest BCUT2D eigenvalue weighted by atomic mass is 10.4. The Labute approximate surface area is 71.1 Å². The van der Waals surface area contributed by atoms with Crippen LogP contribution in [0.15, 0.2) is 0 Å². The number of nitrogens with zero attached hydrogens (tertiary/aromatic N) is 2. The van der Waals surface area contributed by atoms with Crippen molar-refractivity contribution in [2.75, 3.05) is 0 Å². The van der Waals surface area contributed by atoms with Crippen LogP contribution in [0.4, 0.5) is 0 Å². The van der Waals surface area contributed by atoms with E-state index in [2.05, 4.69) is 16.1 Å². The number of hydrazine groups is 1. The number of hydrogen-bond donors (Lipinski definition) is 0. The van der Waals surface area contributed by atoms with Gasteiger partial charge in [0.1, 0.15) is 0 Å². The number of imide groups is 1. The number of hydrogen-bond acceptors (Lipinski definition) is 3. The van der Waals surface area contributed by atoms with E-state index < -0.39 is 0 Å². The van der Waals surface area contributed by atoms with E-state index in [1.807, 2.05) is 0 Å². The summed E-state index contributed by atoms with van der Waals surface area (Å²) in [5.74, 6) is -0.561. The summed E-state index contributed by atoms with van der Waals surface area (Å²) in [7, 11) is 0. The van der Waals surface area contributed by atoms with Gasteiger partial charge in [-0.25, -0.2) is 0 Å². The topological polar surface area (TPSA) is 40.6 Å². The van der Waals surface area contributed by atoms with Crippen molar-refractivity contribution in [3.05, 3.63) is 0 Å². The summed E-state index contributed by atoms with van der Waals surface area (Å²) in [6.45, 7) is 0. The van der Waals surface area contributed by atoms with E-state index in [0.29, 0.717) is 0 Å². The molecule has 0 aromatic carbocycles. The largest absolute Gasteiger partial charge is 0.273 e. The van der Waals surface area contributed by atoms with Crippen molar-refractivity contribution in [3.8, 4) is 0 Å². The molecule has 4 nitrogen and oxygen atoms in total. The lowest BCUT2D eigenvalue weighted by molar-refractivity contribution is -0.144. The Morgan fingerprint density at radius 2 is 1.80 bits per heavy atom. The summed E-state index contributed by atoms with van der Waals surface area (Å²) in [6, 6.07) is 0. The fraction of sp³-hybridized carbons (Fsp3) is 0.500. The fourth-order valence-electron chi connectivity index (χ4n) is 0.733. The van der Waals surface area contributed by atoms with Gasteiger partial charge in [0.05, 0.1) is 16.1 Å². The van der Waals surface area contributed by atoms with E-state index in [4.69, 9.17) is 11.8 Å². The molecule has 1 aliphatic rings. The Morgan fingerprint density at radius 1 is 1.40 bits per heavy atom. The molecule has 0 aromatic heterocycles. The van der Waals surface area contributed by atoms with Crippen molar-refractivity contribution in [1.82, 2.24) is 8.56 Å². The van der Waals surface area contributed by atoms with Crippen molar-refractivity contribution in [2.24, 2.45) is 0 Å². The van der Waals surface area contributed by atoms with Gasteiger partial charge in [0, 0.05) is 24.6 Å². The second kappa shape index (κ2) is 2.86. The first kappa shape index (κ1) is 7.97. The minimum Gasteiger partial charge on any atom is -0.273 e. The SMILES string of the molecule is O=C1CCC(=O)N1N(Cl)Br. The lowest BCUT2D eigenvalue weighted by Crippen LogP contribution is -2.34. The molecule has 0 bridgehead atoms. The van der Waals surface area contributed by atoms with Gasteiger partial charge in [0.2, 0.25) is 11.8 Å². The first-order valence-corrected chi connectivity index (χ1v) is 3.65. The summed E-state index contributed by atoms with van der Waals surface area (Å²) < 4.78 is 0.796. The molecule has 1 saturated heterocycles. The van der Waals surface area contributed by atoms with Crippen LogP contribution in [-0.4, -0.2) is 20.4 Å². The van der Waals surface area contributed by atoms with Crippen molar-refractivity contribution in [1.29, 1.82) is 0 Å². The van der Waals surface area contributed by atoms with Crippen LogP contribution in [0.2, 0.25) is 0 Å². The van der Waals surface area contributed by atoms with Gasteiger partial charge < -0.3 is 0 Å². The Kier molecular flexibility index (Phi) is 2.28.